The zero-order valence-corrected chi connectivity index (χ0v) is 10.7. The van der Waals surface area contributed by atoms with Crippen LogP contribution < -0.4 is 5.32 Å². The number of methoxy groups -OCH3 is 1. The predicted molar refractivity (Wildman–Crippen MR) is 68.7 cm³/mol. The van der Waals surface area contributed by atoms with Crippen molar-refractivity contribution in [2.24, 2.45) is 0 Å². The lowest BCUT2D eigenvalue weighted by Crippen LogP contribution is -2.16. The van der Waals surface area contributed by atoms with Crippen molar-refractivity contribution < 1.29 is 4.74 Å². The van der Waals surface area contributed by atoms with Gasteiger partial charge in [0.1, 0.15) is 0 Å². The van der Waals surface area contributed by atoms with Gasteiger partial charge in [-0.15, -0.1) is 0 Å². The predicted octanol–water partition coefficient (Wildman–Crippen LogP) is 2.82. The first-order valence-electron chi connectivity index (χ1n) is 6.00. The summed E-state index contributed by atoms with van der Waals surface area (Å²) >= 11 is 0. The molecule has 2 nitrogen and oxygen atoms in total. The normalized spacial score (nSPS) is 10.7. The molecule has 0 unspecified atom stereocenters. The van der Waals surface area contributed by atoms with E-state index in [0.717, 1.165) is 26.1 Å². The molecule has 0 spiro atoms. The molecule has 0 amide bonds. The second kappa shape index (κ2) is 7.42. The van der Waals surface area contributed by atoms with Crippen LogP contribution in [-0.2, 0) is 11.3 Å². The molecule has 0 heterocycles. The molecule has 0 bridgehead atoms. The maximum atomic E-state index is 5.01. The van der Waals surface area contributed by atoms with Crippen molar-refractivity contribution in [2.75, 3.05) is 20.3 Å². The Labute approximate surface area is 99.0 Å². The van der Waals surface area contributed by atoms with Crippen molar-refractivity contribution in [3.8, 4) is 0 Å². The van der Waals surface area contributed by atoms with Crippen LogP contribution in [0.4, 0.5) is 0 Å². The topological polar surface area (TPSA) is 21.3 Å². The first-order chi connectivity index (χ1) is 7.75. The molecular formula is C14H23NO. The van der Waals surface area contributed by atoms with E-state index in [4.69, 9.17) is 4.74 Å². The summed E-state index contributed by atoms with van der Waals surface area (Å²) in [5.41, 5.74) is 4.19. The maximum absolute atomic E-state index is 5.01. The van der Waals surface area contributed by atoms with Gasteiger partial charge in [0.05, 0.1) is 0 Å². The van der Waals surface area contributed by atoms with Crippen molar-refractivity contribution in [2.45, 2.75) is 33.2 Å². The Balaban J connectivity index is 2.24. The van der Waals surface area contributed by atoms with E-state index in [1.165, 1.54) is 23.1 Å². The molecule has 0 radical (unpaired) electrons. The highest BCUT2D eigenvalue weighted by atomic mass is 16.5. The fourth-order valence-electron chi connectivity index (χ4n) is 1.72. The van der Waals surface area contributed by atoms with Crippen molar-refractivity contribution in [3.05, 3.63) is 34.9 Å². The highest BCUT2D eigenvalue weighted by Gasteiger charge is 1.99. The molecule has 0 saturated carbocycles. The molecule has 16 heavy (non-hydrogen) atoms. The second-order valence-corrected chi connectivity index (χ2v) is 4.24. The number of unbranched alkanes of at least 4 members (excludes halogenated alkanes) is 1. The van der Waals surface area contributed by atoms with Gasteiger partial charge in [0, 0.05) is 20.3 Å². The summed E-state index contributed by atoms with van der Waals surface area (Å²) in [5.74, 6) is 0. The largest absolute Gasteiger partial charge is 0.385 e. The van der Waals surface area contributed by atoms with Crippen LogP contribution in [0.15, 0.2) is 18.2 Å². The minimum absolute atomic E-state index is 0.866. The Kier molecular flexibility index (Phi) is 6.12. The van der Waals surface area contributed by atoms with Crippen LogP contribution in [0.1, 0.15) is 29.5 Å². The number of rotatable bonds is 7. The molecular weight excluding hydrogens is 198 g/mol. The van der Waals surface area contributed by atoms with E-state index in [9.17, 15) is 0 Å². The molecule has 0 aliphatic rings. The first kappa shape index (κ1) is 13.2. The molecule has 0 fully saturated rings. The number of hydrogen-bond donors (Lipinski definition) is 1. The second-order valence-electron chi connectivity index (χ2n) is 4.24. The molecule has 2 heteroatoms. The van der Waals surface area contributed by atoms with Crippen molar-refractivity contribution in [1.82, 2.24) is 5.32 Å². The number of aryl methyl sites for hydroxylation is 1. The lowest BCUT2D eigenvalue weighted by molar-refractivity contribution is 0.192. The van der Waals surface area contributed by atoms with Gasteiger partial charge in [0.15, 0.2) is 0 Å². The fraction of sp³-hybridized carbons (Fsp3) is 0.571. The smallest absolute Gasteiger partial charge is 0.0462 e. The van der Waals surface area contributed by atoms with E-state index < -0.39 is 0 Å². The van der Waals surface area contributed by atoms with Crippen LogP contribution >= 0.6 is 0 Å². The van der Waals surface area contributed by atoms with Crippen LogP contribution in [0, 0.1) is 13.8 Å². The van der Waals surface area contributed by atoms with Gasteiger partial charge >= 0.3 is 0 Å². The summed E-state index contributed by atoms with van der Waals surface area (Å²) in [6.45, 7) is 7.26. The van der Waals surface area contributed by atoms with Crippen LogP contribution in [-0.4, -0.2) is 20.3 Å². The third-order valence-corrected chi connectivity index (χ3v) is 2.98. The van der Waals surface area contributed by atoms with Crippen molar-refractivity contribution in [3.63, 3.8) is 0 Å². The van der Waals surface area contributed by atoms with Crippen molar-refractivity contribution >= 4 is 0 Å². The van der Waals surface area contributed by atoms with Crippen LogP contribution in [0.2, 0.25) is 0 Å². The van der Waals surface area contributed by atoms with E-state index in [1.54, 1.807) is 7.11 Å². The number of ether oxygens (including phenoxy) is 1. The summed E-state index contributed by atoms with van der Waals surface area (Å²) < 4.78 is 5.01. The molecule has 0 aromatic heterocycles. The zero-order valence-electron chi connectivity index (χ0n) is 10.7. The average Bonchev–Trinajstić information content (AvgIpc) is 2.29. The Morgan fingerprint density at radius 3 is 2.75 bits per heavy atom. The van der Waals surface area contributed by atoms with Crippen LogP contribution in [0.5, 0.6) is 0 Å². The van der Waals surface area contributed by atoms with E-state index >= 15 is 0 Å². The third-order valence-electron chi connectivity index (χ3n) is 2.98. The van der Waals surface area contributed by atoms with Crippen LogP contribution in [0.3, 0.4) is 0 Å². The Hall–Kier alpha value is -0.860. The minimum atomic E-state index is 0.866. The maximum Gasteiger partial charge on any atom is 0.0462 e. The number of benzene rings is 1. The summed E-state index contributed by atoms with van der Waals surface area (Å²) in [6, 6.07) is 6.49. The van der Waals surface area contributed by atoms with Gasteiger partial charge in [0.25, 0.3) is 0 Å². The van der Waals surface area contributed by atoms with Gasteiger partial charge in [-0.05, 0) is 49.9 Å². The van der Waals surface area contributed by atoms with E-state index in [1.807, 2.05) is 0 Å². The Bertz CT molecular complexity index is 310. The molecule has 1 aromatic carbocycles. The Morgan fingerprint density at radius 2 is 2.00 bits per heavy atom. The lowest BCUT2D eigenvalue weighted by atomic mass is 10.0. The van der Waals surface area contributed by atoms with Gasteiger partial charge in [-0.2, -0.15) is 0 Å². The fourth-order valence-corrected chi connectivity index (χ4v) is 1.72. The van der Waals surface area contributed by atoms with Crippen LogP contribution in [0.25, 0.3) is 0 Å². The standard InChI is InChI=1S/C14H23NO/c1-12-7-6-8-14(13(12)2)11-15-9-4-5-10-16-3/h6-8,15H,4-5,9-11H2,1-3H3. The summed E-state index contributed by atoms with van der Waals surface area (Å²) in [7, 11) is 1.75. The minimum Gasteiger partial charge on any atom is -0.385 e. The zero-order chi connectivity index (χ0) is 11.8. The number of hydrogen-bond acceptors (Lipinski definition) is 2. The first-order valence-corrected chi connectivity index (χ1v) is 6.00. The third kappa shape index (κ3) is 4.33. The molecule has 1 rings (SSSR count). The molecule has 1 aromatic rings. The summed E-state index contributed by atoms with van der Waals surface area (Å²) in [4.78, 5) is 0. The van der Waals surface area contributed by atoms with Gasteiger partial charge in [-0.1, -0.05) is 18.2 Å². The quantitative estimate of drug-likeness (QED) is 0.715. The van der Waals surface area contributed by atoms with Gasteiger partial charge in [-0.3, -0.25) is 0 Å². The monoisotopic (exact) mass is 221 g/mol. The molecule has 0 saturated heterocycles. The molecule has 0 atom stereocenters. The van der Waals surface area contributed by atoms with Crippen molar-refractivity contribution in [1.29, 1.82) is 0 Å². The molecule has 90 valence electrons. The summed E-state index contributed by atoms with van der Waals surface area (Å²) in [5, 5.41) is 3.47. The van der Waals surface area contributed by atoms with Gasteiger partial charge in [-0.25, -0.2) is 0 Å². The average molecular weight is 221 g/mol. The van der Waals surface area contributed by atoms with Gasteiger partial charge < -0.3 is 10.1 Å². The summed E-state index contributed by atoms with van der Waals surface area (Å²) in [6.07, 6.45) is 2.31. The molecule has 1 N–H and O–H groups in total. The number of nitrogens with one attached hydrogen (secondary N) is 1. The molecule has 0 aliphatic carbocycles. The molecule has 0 aliphatic heterocycles. The highest BCUT2D eigenvalue weighted by Crippen LogP contribution is 2.12. The van der Waals surface area contributed by atoms with E-state index in [2.05, 4.69) is 37.4 Å². The highest BCUT2D eigenvalue weighted by molar-refractivity contribution is 5.32. The van der Waals surface area contributed by atoms with E-state index in [-0.39, 0.29) is 0 Å². The Morgan fingerprint density at radius 1 is 1.19 bits per heavy atom. The van der Waals surface area contributed by atoms with Gasteiger partial charge in [0.2, 0.25) is 0 Å². The SMILES string of the molecule is COCCCCNCc1cccc(C)c1C. The van der Waals surface area contributed by atoms with E-state index in [0.29, 0.717) is 0 Å². The lowest BCUT2D eigenvalue weighted by Gasteiger charge is -2.09.